The van der Waals surface area contributed by atoms with Crippen molar-refractivity contribution in [2.75, 3.05) is 31.6 Å². The third kappa shape index (κ3) is 4.14. The van der Waals surface area contributed by atoms with Gasteiger partial charge in [-0.3, -0.25) is 4.79 Å². The summed E-state index contributed by atoms with van der Waals surface area (Å²) < 4.78 is 5.58. The molecule has 3 aromatic rings. The number of rotatable bonds is 4. The van der Waals surface area contributed by atoms with E-state index in [9.17, 15) is 4.79 Å². The molecule has 172 valence electrons. The molecule has 6 heteroatoms. The Morgan fingerprint density at radius 1 is 1.00 bits per heavy atom. The van der Waals surface area contributed by atoms with Gasteiger partial charge in [-0.1, -0.05) is 29.8 Å². The standard InChI is InChI=1S/C27H32N4O2/c1-18-10-11-23-22(17-18)19(2)28-27(29-23)30-15-12-20(13-16-30)26(32)31-14-6-8-24(31)21-7-4-5-9-25(21)33-3/h4-5,7,9-11,17,20,24H,6,8,12-16H2,1-3H3/t24-/m0/s1. The lowest BCUT2D eigenvalue weighted by molar-refractivity contribution is -0.137. The smallest absolute Gasteiger partial charge is 0.226 e. The topological polar surface area (TPSA) is 58.6 Å². The van der Waals surface area contributed by atoms with Crippen LogP contribution in [0.5, 0.6) is 5.75 Å². The van der Waals surface area contributed by atoms with Gasteiger partial charge in [-0.2, -0.15) is 0 Å². The molecular weight excluding hydrogens is 412 g/mol. The van der Waals surface area contributed by atoms with Crippen molar-refractivity contribution in [3.8, 4) is 5.75 Å². The summed E-state index contributed by atoms with van der Waals surface area (Å²) >= 11 is 0. The summed E-state index contributed by atoms with van der Waals surface area (Å²) in [5.74, 6) is 1.99. The van der Waals surface area contributed by atoms with Gasteiger partial charge in [0.2, 0.25) is 11.9 Å². The number of piperidine rings is 1. The SMILES string of the molecule is COc1ccccc1[C@@H]1CCCN1C(=O)C1CCN(c2nc(C)c3cc(C)ccc3n2)CC1. The fourth-order valence-corrected chi connectivity index (χ4v) is 5.38. The number of carbonyl (C=O) groups is 1. The van der Waals surface area contributed by atoms with E-state index in [2.05, 4.69) is 47.9 Å². The van der Waals surface area contributed by atoms with E-state index in [0.717, 1.165) is 79.2 Å². The molecule has 2 saturated heterocycles. The highest BCUT2D eigenvalue weighted by molar-refractivity contribution is 5.83. The van der Waals surface area contributed by atoms with Gasteiger partial charge < -0.3 is 14.5 Å². The Bertz CT molecular complexity index is 1170. The van der Waals surface area contributed by atoms with Gasteiger partial charge in [0.05, 0.1) is 24.4 Å². The normalized spacial score (nSPS) is 19.3. The molecule has 0 spiro atoms. The highest BCUT2D eigenvalue weighted by atomic mass is 16.5. The van der Waals surface area contributed by atoms with Gasteiger partial charge in [-0.25, -0.2) is 9.97 Å². The molecule has 0 aliphatic carbocycles. The maximum absolute atomic E-state index is 13.5. The lowest BCUT2D eigenvalue weighted by Crippen LogP contribution is -2.43. The third-order valence-electron chi connectivity index (χ3n) is 7.19. The molecule has 2 aromatic carbocycles. The van der Waals surface area contributed by atoms with Crippen LogP contribution in [-0.2, 0) is 4.79 Å². The van der Waals surface area contributed by atoms with E-state index in [1.807, 2.05) is 18.2 Å². The van der Waals surface area contributed by atoms with Crippen molar-refractivity contribution in [1.29, 1.82) is 0 Å². The molecule has 2 aliphatic rings. The number of aromatic nitrogens is 2. The second-order valence-corrected chi connectivity index (χ2v) is 9.32. The highest BCUT2D eigenvalue weighted by Gasteiger charge is 2.36. The van der Waals surface area contributed by atoms with Crippen LogP contribution in [0.1, 0.15) is 48.5 Å². The Kier molecular flexibility index (Phi) is 5.92. The molecule has 0 bridgehead atoms. The van der Waals surface area contributed by atoms with Gasteiger partial charge in [0, 0.05) is 36.5 Å². The number of ether oxygens (including phenoxy) is 1. The van der Waals surface area contributed by atoms with Crippen LogP contribution in [0, 0.1) is 19.8 Å². The molecule has 0 saturated carbocycles. The Hall–Kier alpha value is -3.15. The summed E-state index contributed by atoms with van der Waals surface area (Å²) in [6.07, 6.45) is 3.70. The summed E-state index contributed by atoms with van der Waals surface area (Å²) in [6.45, 7) is 6.58. The van der Waals surface area contributed by atoms with Crippen molar-refractivity contribution in [3.63, 3.8) is 0 Å². The maximum atomic E-state index is 13.5. The summed E-state index contributed by atoms with van der Waals surface area (Å²) in [5, 5.41) is 1.11. The number of anilines is 1. The van der Waals surface area contributed by atoms with E-state index >= 15 is 0 Å². The Morgan fingerprint density at radius 3 is 2.58 bits per heavy atom. The molecule has 5 rings (SSSR count). The fraction of sp³-hybridized carbons (Fsp3) is 0.444. The first-order valence-corrected chi connectivity index (χ1v) is 12.0. The molecule has 1 atom stereocenters. The zero-order valence-electron chi connectivity index (χ0n) is 19.8. The van der Waals surface area contributed by atoms with E-state index in [-0.39, 0.29) is 17.9 Å². The molecule has 0 radical (unpaired) electrons. The minimum absolute atomic E-state index is 0.0563. The Balaban J connectivity index is 1.28. The zero-order valence-corrected chi connectivity index (χ0v) is 19.8. The Morgan fingerprint density at radius 2 is 1.79 bits per heavy atom. The number of benzene rings is 2. The maximum Gasteiger partial charge on any atom is 0.226 e. The second kappa shape index (κ2) is 9.00. The molecule has 1 amide bonds. The number of amides is 1. The van der Waals surface area contributed by atoms with Crippen molar-refractivity contribution in [3.05, 3.63) is 59.3 Å². The first-order valence-electron chi connectivity index (χ1n) is 12.0. The Labute approximate surface area is 195 Å². The molecule has 0 unspecified atom stereocenters. The quantitative estimate of drug-likeness (QED) is 0.577. The molecule has 33 heavy (non-hydrogen) atoms. The van der Waals surface area contributed by atoms with Crippen molar-refractivity contribution < 1.29 is 9.53 Å². The zero-order chi connectivity index (χ0) is 22.9. The largest absolute Gasteiger partial charge is 0.496 e. The summed E-state index contributed by atoms with van der Waals surface area (Å²) in [4.78, 5) is 27.5. The second-order valence-electron chi connectivity index (χ2n) is 9.32. The third-order valence-corrected chi connectivity index (χ3v) is 7.19. The number of para-hydroxylation sites is 1. The van der Waals surface area contributed by atoms with Crippen LogP contribution in [0.25, 0.3) is 10.9 Å². The van der Waals surface area contributed by atoms with E-state index in [4.69, 9.17) is 14.7 Å². The molecular formula is C27H32N4O2. The average molecular weight is 445 g/mol. The highest BCUT2D eigenvalue weighted by Crippen LogP contribution is 2.38. The van der Waals surface area contributed by atoms with Crippen molar-refractivity contribution in [2.45, 2.75) is 45.6 Å². The number of aryl methyl sites for hydroxylation is 2. The first kappa shape index (κ1) is 21.7. The van der Waals surface area contributed by atoms with E-state index in [1.165, 1.54) is 5.56 Å². The number of fused-ring (bicyclic) bond motifs is 1. The molecule has 1 aromatic heterocycles. The van der Waals surface area contributed by atoms with Gasteiger partial charge in [-0.05, 0) is 57.7 Å². The summed E-state index contributed by atoms with van der Waals surface area (Å²) in [6, 6.07) is 14.5. The van der Waals surface area contributed by atoms with Crippen molar-refractivity contribution >= 4 is 22.8 Å². The predicted octanol–water partition coefficient (Wildman–Crippen LogP) is 4.84. The van der Waals surface area contributed by atoms with Crippen LogP contribution in [0.3, 0.4) is 0 Å². The molecule has 2 aliphatic heterocycles. The molecule has 0 N–H and O–H groups in total. The monoisotopic (exact) mass is 444 g/mol. The van der Waals surface area contributed by atoms with Gasteiger partial charge in [-0.15, -0.1) is 0 Å². The molecule has 3 heterocycles. The van der Waals surface area contributed by atoms with Gasteiger partial charge >= 0.3 is 0 Å². The van der Waals surface area contributed by atoms with E-state index in [0.29, 0.717) is 0 Å². The lowest BCUT2D eigenvalue weighted by atomic mass is 9.94. The predicted molar refractivity (Wildman–Crippen MR) is 131 cm³/mol. The number of nitrogens with zero attached hydrogens (tertiary/aromatic N) is 4. The number of carbonyl (C=O) groups excluding carboxylic acids is 1. The lowest BCUT2D eigenvalue weighted by Gasteiger charge is -2.35. The van der Waals surface area contributed by atoms with Crippen LogP contribution in [-0.4, -0.2) is 47.5 Å². The molecule has 2 fully saturated rings. The number of hydrogen-bond acceptors (Lipinski definition) is 5. The van der Waals surface area contributed by atoms with E-state index < -0.39 is 0 Å². The van der Waals surface area contributed by atoms with Crippen LogP contribution in [0.2, 0.25) is 0 Å². The summed E-state index contributed by atoms with van der Waals surface area (Å²) in [5.41, 5.74) is 4.33. The minimum Gasteiger partial charge on any atom is -0.496 e. The van der Waals surface area contributed by atoms with Gasteiger partial charge in [0.25, 0.3) is 0 Å². The van der Waals surface area contributed by atoms with Crippen molar-refractivity contribution in [1.82, 2.24) is 14.9 Å². The van der Waals surface area contributed by atoms with Crippen LogP contribution in [0.15, 0.2) is 42.5 Å². The average Bonchev–Trinajstić information content (AvgIpc) is 3.34. The van der Waals surface area contributed by atoms with Crippen LogP contribution < -0.4 is 9.64 Å². The van der Waals surface area contributed by atoms with Gasteiger partial charge in [0.1, 0.15) is 5.75 Å². The fourth-order valence-electron chi connectivity index (χ4n) is 5.38. The minimum atomic E-state index is 0.0563. The first-order chi connectivity index (χ1) is 16.0. The van der Waals surface area contributed by atoms with Gasteiger partial charge in [0.15, 0.2) is 0 Å². The summed E-state index contributed by atoms with van der Waals surface area (Å²) in [7, 11) is 1.70. The number of methoxy groups -OCH3 is 1. The number of hydrogen-bond donors (Lipinski definition) is 0. The van der Waals surface area contributed by atoms with E-state index in [1.54, 1.807) is 7.11 Å². The van der Waals surface area contributed by atoms with Crippen LogP contribution in [0.4, 0.5) is 5.95 Å². The molecule has 6 nitrogen and oxygen atoms in total. The number of likely N-dealkylation sites (tertiary alicyclic amines) is 1. The van der Waals surface area contributed by atoms with Crippen LogP contribution >= 0.6 is 0 Å². The van der Waals surface area contributed by atoms with Crippen molar-refractivity contribution in [2.24, 2.45) is 5.92 Å².